The fourth-order valence-electron chi connectivity index (χ4n) is 1.87. The minimum atomic E-state index is -0.968. The predicted octanol–water partition coefficient (Wildman–Crippen LogP) is 3.37. The molecule has 0 aliphatic rings. The Morgan fingerprint density at radius 2 is 1.58 bits per heavy atom. The van der Waals surface area contributed by atoms with Gasteiger partial charge < -0.3 is 4.43 Å². The lowest BCUT2D eigenvalue weighted by Crippen LogP contribution is -2.38. The predicted molar refractivity (Wildman–Crippen MR) is 60.8 cm³/mol. The van der Waals surface area contributed by atoms with Crippen molar-refractivity contribution in [2.45, 2.75) is 58.2 Å². The summed E-state index contributed by atoms with van der Waals surface area (Å²) in [5, 5.41) is 0. The van der Waals surface area contributed by atoms with Crippen molar-refractivity contribution in [2.24, 2.45) is 0 Å². The highest BCUT2D eigenvalue weighted by atomic mass is 28.3. The van der Waals surface area contributed by atoms with Crippen molar-refractivity contribution < 1.29 is 4.43 Å². The van der Waals surface area contributed by atoms with Gasteiger partial charge >= 0.3 is 0 Å². The summed E-state index contributed by atoms with van der Waals surface area (Å²) in [7, 11) is -1.51. The van der Waals surface area contributed by atoms with Crippen molar-refractivity contribution in [3.63, 3.8) is 0 Å². The molecule has 0 aliphatic carbocycles. The molecule has 3 heteroatoms. The minimum absolute atomic E-state index is 0.113. The zero-order chi connectivity index (χ0) is 9.99. The van der Waals surface area contributed by atoms with Gasteiger partial charge in [-0.05, 0) is 33.0 Å². The highest BCUT2D eigenvalue weighted by Gasteiger charge is 2.27. The van der Waals surface area contributed by atoms with Crippen molar-refractivity contribution in [2.75, 3.05) is 0 Å². The molecule has 0 saturated heterocycles. The number of hydrogen-bond acceptors (Lipinski definition) is 1. The third-order valence-electron chi connectivity index (χ3n) is 1.44. The van der Waals surface area contributed by atoms with Crippen molar-refractivity contribution in [1.29, 1.82) is 0 Å². The first kappa shape index (κ1) is 12.4. The molecule has 0 aromatic heterocycles. The van der Waals surface area contributed by atoms with Gasteiger partial charge in [-0.25, -0.2) is 0 Å². The maximum absolute atomic E-state index is 5.95. The quantitative estimate of drug-likeness (QED) is 0.637. The molecule has 0 aromatic rings. The molecule has 0 amide bonds. The summed E-state index contributed by atoms with van der Waals surface area (Å²) in [5.74, 6) is 0. The Kier molecular flexibility index (Phi) is 4.20. The molecule has 0 N–H and O–H groups in total. The third-order valence-corrected chi connectivity index (χ3v) is 4.31. The molecular formula is C9H23OSi2. The molecule has 0 atom stereocenters. The Hall–Kier alpha value is 0.394. The molecule has 0 heterocycles. The van der Waals surface area contributed by atoms with E-state index in [0.717, 1.165) is 0 Å². The SMILES string of the molecule is C[Si](C)OC(C)(C)C[Si](C)(C)C. The van der Waals surface area contributed by atoms with Crippen molar-refractivity contribution in [3.8, 4) is 0 Å². The van der Waals surface area contributed by atoms with Gasteiger partial charge in [0, 0.05) is 13.7 Å². The fourth-order valence-corrected chi connectivity index (χ4v) is 5.81. The van der Waals surface area contributed by atoms with E-state index in [1.165, 1.54) is 6.04 Å². The molecular weight excluding hydrogens is 180 g/mol. The van der Waals surface area contributed by atoms with E-state index in [4.69, 9.17) is 4.43 Å². The molecule has 0 unspecified atom stereocenters. The van der Waals surface area contributed by atoms with E-state index in [1.54, 1.807) is 0 Å². The normalized spacial score (nSPS) is 14.0. The molecule has 0 bridgehead atoms. The lowest BCUT2D eigenvalue weighted by Gasteiger charge is -2.33. The van der Waals surface area contributed by atoms with Gasteiger partial charge in [0.25, 0.3) is 0 Å². The van der Waals surface area contributed by atoms with E-state index >= 15 is 0 Å². The van der Waals surface area contributed by atoms with E-state index in [0.29, 0.717) is 0 Å². The first-order valence-corrected chi connectivity index (χ1v) is 10.7. The van der Waals surface area contributed by atoms with Crippen LogP contribution in [0.2, 0.25) is 38.8 Å². The van der Waals surface area contributed by atoms with Gasteiger partial charge in [-0.15, -0.1) is 0 Å². The Labute approximate surface area is 80.3 Å². The van der Waals surface area contributed by atoms with E-state index in [-0.39, 0.29) is 5.60 Å². The van der Waals surface area contributed by atoms with Crippen LogP contribution in [0.1, 0.15) is 13.8 Å². The smallest absolute Gasteiger partial charge is 0.205 e. The lowest BCUT2D eigenvalue weighted by atomic mass is 10.2. The highest BCUT2D eigenvalue weighted by molar-refractivity contribution is 6.76. The molecule has 0 fully saturated rings. The molecule has 1 radical (unpaired) electrons. The van der Waals surface area contributed by atoms with Gasteiger partial charge in [-0.3, -0.25) is 0 Å². The Morgan fingerprint density at radius 1 is 1.17 bits per heavy atom. The molecule has 73 valence electrons. The monoisotopic (exact) mass is 203 g/mol. The van der Waals surface area contributed by atoms with E-state index in [1.807, 2.05) is 0 Å². The summed E-state index contributed by atoms with van der Waals surface area (Å²) in [4.78, 5) is 0. The van der Waals surface area contributed by atoms with E-state index in [9.17, 15) is 0 Å². The van der Waals surface area contributed by atoms with Crippen LogP contribution in [0.15, 0.2) is 0 Å². The highest BCUT2D eigenvalue weighted by Crippen LogP contribution is 2.24. The zero-order valence-corrected chi connectivity index (χ0v) is 11.6. The molecule has 0 spiro atoms. The lowest BCUT2D eigenvalue weighted by molar-refractivity contribution is 0.130. The van der Waals surface area contributed by atoms with Crippen LogP contribution in [0.5, 0.6) is 0 Å². The van der Waals surface area contributed by atoms with Crippen LogP contribution in [-0.4, -0.2) is 22.7 Å². The van der Waals surface area contributed by atoms with Crippen LogP contribution < -0.4 is 0 Å². The van der Waals surface area contributed by atoms with Gasteiger partial charge in [0.1, 0.15) is 0 Å². The Morgan fingerprint density at radius 3 is 1.83 bits per heavy atom. The minimum Gasteiger partial charge on any atom is -0.413 e. The first-order chi connectivity index (χ1) is 5.12. The number of rotatable bonds is 4. The summed E-state index contributed by atoms with van der Waals surface area (Å²) in [5.41, 5.74) is 0.113. The molecule has 0 aromatic carbocycles. The van der Waals surface area contributed by atoms with Crippen LogP contribution in [0.25, 0.3) is 0 Å². The van der Waals surface area contributed by atoms with Crippen LogP contribution in [0, 0.1) is 0 Å². The topological polar surface area (TPSA) is 9.23 Å². The maximum atomic E-state index is 5.95. The standard InChI is InChI=1S/C9H23OSi2/c1-9(2,10-11(3)4)8-12(5,6)7/h8H2,1-7H3. The average Bonchev–Trinajstić information content (AvgIpc) is 1.48. The summed E-state index contributed by atoms with van der Waals surface area (Å²) in [6, 6.07) is 1.26. The largest absolute Gasteiger partial charge is 0.413 e. The van der Waals surface area contributed by atoms with Gasteiger partial charge in [-0.1, -0.05) is 19.6 Å². The van der Waals surface area contributed by atoms with Gasteiger partial charge in [0.05, 0.1) is 0 Å². The van der Waals surface area contributed by atoms with Crippen molar-refractivity contribution >= 4 is 17.1 Å². The molecule has 12 heavy (non-hydrogen) atoms. The molecule has 0 saturated carbocycles. The summed E-state index contributed by atoms with van der Waals surface area (Å²) in [6.45, 7) is 16.1. The fraction of sp³-hybridized carbons (Fsp3) is 1.00. The van der Waals surface area contributed by atoms with Gasteiger partial charge in [0.15, 0.2) is 0 Å². The van der Waals surface area contributed by atoms with E-state index < -0.39 is 17.1 Å². The van der Waals surface area contributed by atoms with Crippen molar-refractivity contribution in [1.82, 2.24) is 0 Å². The number of hydrogen-bond donors (Lipinski definition) is 0. The maximum Gasteiger partial charge on any atom is 0.205 e. The van der Waals surface area contributed by atoms with Crippen LogP contribution >= 0.6 is 0 Å². The average molecular weight is 203 g/mol. The second kappa shape index (κ2) is 4.07. The van der Waals surface area contributed by atoms with Gasteiger partial charge in [0.2, 0.25) is 9.04 Å². The molecule has 0 rings (SSSR count). The second-order valence-corrected chi connectivity index (χ2v) is 13.0. The zero-order valence-electron chi connectivity index (χ0n) is 9.62. The molecule has 0 aliphatic heterocycles. The van der Waals surface area contributed by atoms with Crippen LogP contribution in [0.3, 0.4) is 0 Å². The van der Waals surface area contributed by atoms with E-state index in [2.05, 4.69) is 46.6 Å². The third kappa shape index (κ3) is 7.07. The van der Waals surface area contributed by atoms with Crippen molar-refractivity contribution in [3.05, 3.63) is 0 Å². The van der Waals surface area contributed by atoms with Gasteiger partial charge in [-0.2, -0.15) is 0 Å². The van der Waals surface area contributed by atoms with Crippen LogP contribution in [-0.2, 0) is 4.43 Å². The Bertz CT molecular complexity index is 136. The first-order valence-electron chi connectivity index (χ1n) is 4.62. The Balaban J connectivity index is 4.04. The molecule has 1 nitrogen and oxygen atoms in total. The summed E-state index contributed by atoms with van der Waals surface area (Å²) in [6.07, 6.45) is 0. The summed E-state index contributed by atoms with van der Waals surface area (Å²) >= 11 is 0. The van der Waals surface area contributed by atoms with Crippen LogP contribution in [0.4, 0.5) is 0 Å². The summed E-state index contributed by atoms with van der Waals surface area (Å²) < 4.78 is 5.95. The second-order valence-electron chi connectivity index (χ2n) is 5.51.